The van der Waals surface area contributed by atoms with E-state index in [1.807, 2.05) is 0 Å². The third-order valence-electron chi connectivity index (χ3n) is 13.1. The number of morpholine rings is 1. The second-order valence-corrected chi connectivity index (χ2v) is 14.6. The molecule has 2 heterocycles. The van der Waals surface area contributed by atoms with Crippen LogP contribution >= 0.6 is 0 Å². The second kappa shape index (κ2) is 10.2. The van der Waals surface area contributed by atoms with Gasteiger partial charge in [-0.15, -0.1) is 0 Å². The van der Waals surface area contributed by atoms with Crippen molar-refractivity contribution in [2.75, 3.05) is 45.9 Å². The molecule has 0 aromatic heterocycles. The molecule has 2 saturated heterocycles. The Hall–Kier alpha value is -0.950. The predicted octanol–water partition coefficient (Wildman–Crippen LogP) is 4.41. The summed E-state index contributed by atoms with van der Waals surface area (Å²) in [5.41, 5.74) is 0.343. The number of hydrogen-bond donors (Lipinski definition) is 1. The van der Waals surface area contributed by atoms with Gasteiger partial charge in [0.1, 0.15) is 6.04 Å². The third-order valence-corrected chi connectivity index (χ3v) is 13.1. The molecule has 0 aromatic rings. The van der Waals surface area contributed by atoms with Crippen molar-refractivity contribution in [3.05, 3.63) is 12.7 Å². The van der Waals surface area contributed by atoms with Crippen LogP contribution in [0.1, 0.15) is 78.6 Å². The molecule has 1 N–H and O–H groups in total. The van der Waals surface area contributed by atoms with Gasteiger partial charge in [-0.05, 0) is 73.7 Å². The number of aliphatic hydroxyl groups excluding tert-OH is 1. The Balaban J connectivity index is 1.30. The first-order valence-corrected chi connectivity index (χ1v) is 15.9. The van der Waals surface area contributed by atoms with Crippen LogP contribution in [0.4, 0.5) is 0 Å². The lowest BCUT2D eigenvalue weighted by Crippen LogP contribution is -2.61. The molecule has 6 fully saturated rings. The summed E-state index contributed by atoms with van der Waals surface area (Å²) in [7, 11) is 0. The van der Waals surface area contributed by atoms with E-state index < -0.39 is 0 Å². The van der Waals surface area contributed by atoms with E-state index in [0.717, 1.165) is 56.6 Å². The van der Waals surface area contributed by atoms with Crippen LogP contribution in [0.3, 0.4) is 0 Å². The highest BCUT2D eigenvalue weighted by atomic mass is 16.5. The van der Waals surface area contributed by atoms with Gasteiger partial charge >= 0.3 is 5.97 Å². The maximum atomic E-state index is 12.5. The molecule has 0 radical (unpaired) electrons. The van der Waals surface area contributed by atoms with Crippen molar-refractivity contribution >= 4 is 5.97 Å². The van der Waals surface area contributed by atoms with E-state index >= 15 is 0 Å². The number of ether oxygens (including phenoxy) is 2. The molecular weight excluding hydrogens is 476 g/mol. The van der Waals surface area contributed by atoms with Crippen molar-refractivity contribution in [2.24, 2.45) is 34.5 Å². The fraction of sp³-hybridized carbons (Fsp3) is 0.906. The van der Waals surface area contributed by atoms with E-state index in [2.05, 4.69) is 31.4 Å². The van der Waals surface area contributed by atoms with Gasteiger partial charge in [-0.2, -0.15) is 0 Å². The van der Waals surface area contributed by atoms with E-state index in [1.54, 1.807) is 6.92 Å². The van der Waals surface area contributed by atoms with Gasteiger partial charge in [0, 0.05) is 50.7 Å². The van der Waals surface area contributed by atoms with E-state index in [9.17, 15) is 9.90 Å². The Morgan fingerprint density at radius 2 is 1.84 bits per heavy atom. The minimum absolute atomic E-state index is 0.0174. The van der Waals surface area contributed by atoms with E-state index in [0.29, 0.717) is 29.7 Å². The van der Waals surface area contributed by atoms with Crippen LogP contribution in [0.5, 0.6) is 0 Å². The number of aliphatic hydroxyl groups is 1. The van der Waals surface area contributed by atoms with Gasteiger partial charge in [0.25, 0.3) is 0 Å². The van der Waals surface area contributed by atoms with Crippen molar-refractivity contribution in [2.45, 2.75) is 103 Å². The molecule has 2 aliphatic heterocycles. The molecule has 4 aliphatic carbocycles. The van der Waals surface area contributed by atoms with Crippen LogP contribution in [0.15, 0.2) is 12.7 Å². The fourth-order valence-electron chi connectivity index (χ4n) is 11.3. The normalized spacial score (nSPS) is 48.5. The van der Waals surface area contributed by atoms with Gasteiger partial charge in [0.2, 0.25) is 0 Å². The Morgan fingerprint density at radius 1 is 1.11 bits per heavy atom. The highest BCUT2D eigenvalue weighted by Crippen LogP contribution is 2.67. The van der Waals surface area contributed by atoms with Crippen molar-refractivity contribution in [3.8, 4) is 0 Å². The van der Waals surface area contributed by atoms with Crippen LogP contribution in [0.2, 0.25) is 0 Å². The fourth-order valence-corrected chi connectivity index (χ4v) is 11.3. The summed E-state index contributed by atoms with van der Waals surface area (Å²) in [5, 5.41) is 11.3. The average Bonchev–Trinajstić information content (AvgIpc) is 3.48. The van der Waals surface area contributed by atoms with E-state index in [-0.39, 0.29) is 35.0 Å². The number of quaternary nitrogens is 1. The molecule has 6 aliphatic rings. The van der Waals surface area contributed by atoms with Crippen molar-refractivity contribution in [1.29, 1.82) is 0 Å². The van der Waals surface area contributed by atoms with Gasteiger partial charge in [-0.1, -0.05) is 20.4 Å². The number of carbonyl (C=O) groups is 1. The highest BCUT2D eigenvalue weighted by molar-refractivity contribution is 5.66. The third kappa shape index (κ3) is 4.23. The molecular formula is C32H53N2O4+. The molecule has 0 bridgehead atoms. The standard InChI is InChI=1S/C32H53N2O4/c1-5-14-34(15-6-7-16-34)28-20-26-24-9-8-23-19-29(36)27(33-12-17-37-18-13-33)21-32(23,4)25(24)10-11-31(26,3)30(28)38-22(2)35/h5,23-30,36H,1,6-21H2,2-4H3/q+1/t23?,24-,25-,26+,27?,28?,29?,30?,31+,32+/m1/s1. The summed E-state index contributed by atoms with van der Waals surface area (Å²) in [6.45, 7) is 17.7. The maximum absolute atomic E-state index is 12.5. The van der Waals surface area contributed by atoms with Crippen LogP contribution < -0.4 is 0 Å². The first kappa shape index (κ1) is 27.2. The first-order valence-electron chi connectivity index (χ1n) is 15.9. The van der Waals surface area contributed by atoms with E-state index in [1.165, 1.54) is 51.6 Å². The second-order valence-electron chi connectivity index (χ2n) is 14.6. The lowest BCUT2D eigenvalue weighted by atomic mass is 9.44. The molecule has 0 amide bonds. The zero-order valence-corrected chi connectivity index (χ0v) is 24.3. The van der Waals surface area contributed by atoms with Crippen molar-refractivity contribution < 1.29 is 23.9 Å². The number of fused-ring (bicyclic) bond motifs is 5. The first-order chi connectivity index (χ1) is 18.2. The van der Waals surface area contributed by atoms with E-state index in [4.69, 9.17) is 9.47 Å². The Morgan fingerprint density at radius 3 is 2.53 bits per heavy atom. The molecule has 214 valence electrons. The Labute approximate surface area is 230 Å². The average molecular weight is 530 g/mol. The molecule has 5 unspecified atom stereocenters. The smallest absolute Gasteiger partial charge is 0.303 e. The van der Waals surface area contributed by atoms with Gasteiger partial charge in [0.05, 0.1) is 39.0 Å². The predicted molar refractivity (Wildman–Crippen MR) is 148 cm³/mol. The monoisotopic (exact) mass is 529 g/mol. The van der Waals surface area contributed by atoms with Gasteiger partial charge < -0.3 is 19.1 Å². The molecule has 6 rings (SSSR count). The van der Waals surface area contributed by atoms with Crippen molar-refractivity contribution in [1.82, 2.24) is 4.90 Å². The minimum Gasteiger partial charge on any atom is -0.456 e. The topological polar surface area (TPSA) is 59.0 Å². The summed E-state index contributed by atoms with van der Waals surface area (Å²) >= 11 is 0. The van der Waals surface area contributed by atoms with Crippen LogP contribution in [-0.4, -0.2) is 90.7 Å². The SMILES string of the molecule is C=CC[N+]1(C2C[C@H]3[C@@H]4CCC5CC(O)C(N6CCOCC6)C[C@]5(C)[C@@H]4CC[C@]3(C)C2OC(C)=O)CCCC1. The minimum atomic E-state index is -0.209. The quantitative estimate of drug-likeness (QED) is 0.325. The summed E-state index contributed by atoms with van der Waals surface area (Å²) in [6.07, 6.45) is 12.7. The lowest BCUT2D eigenvalue weighted by molar-refractivity contribution is -0.937. The van der Waals surface area contributed by atoms with Crippen LogP contribution in [0, 0.1) is 34.5 Å². The summed E-state index contributed by atoms with van der Waals surface area (Å²) in [4.78, 5) is 15.0. The largest absolute Gasteiger partial charge is 0.456 e. The number of likely N-dealkylation sites (tertiary alicyclic amines) is 1. The van der Waals surface area contributed by atoms with Gasteiger partial charge in [0.15, 0.2) is 6.10 Å². The summed E-state index contributed by atoms with van der Waals surface area (Å²) in [6, 6.07) is 0.663. The summed E-state index contributed by atoms with van der Waals surface area (Å²) < 4.78 is 13.1. The zero-order valence-electron chi connectivity index (χ0n) is 24.3. The van der Waals surface area contributed by atoms with Crippen LogP contribution in [0.25, 0.3) is 0 Å². The van der Waals surface area contributed by atoms with Crippen LogP contribution in [-0.2, 0) is 14.3 Å². The molecule has 4 saturated carbocycles. The Kier molecular flexibility index (Phi) is 7.27. The zero-order chi connectivity index (χ0) is 26.7. The molecule has 6 nitrogen and oxygen atoms in total. The number of rotatable bonds is 5. The number of hydrogen-bond acceptors (Lipinski definition) is 5. The highest BCUT2D eigenvalue weighted by Gasteiger charge is 2.67. The maximum Gasteiger partial charge on any atom is 0.303 e. The summed E-state index contributed by atoms with van der Waals surface area (Å²) in [5.74, 6) is 2.54. The van der Waals surface area contributed by atoms with Crippen molar-refractivity contribution in [3.63, 3.8) is 0 Å². The number of carbonyl (C=O) groups excluding carboxylic acids is 1. The van der Waals surface area contributed by atoms with Gasteiger partial charge in [-0.3, -0.25) is 9.69 Å². The molecule has 10 atom stereocenters. The number of esters is 1. The van der Waals surface area contributed by atoms with Gasteiger partial charge in [-0.25, -0.2) is 0 Å². The Bertz CT molecular complexity index is 898. The molecule has 6 heteroatoms. The lowest BCUT2D eigenvalue weighted by Gasteiger charge is -2.62. The number of nitrogens with zero attached hydrogens (tertiary/aromatic N) is 2. The molecule has 0 spiro atoms. The molecule has 38 heavy (non-hydrogen) atoms. The molecule has 0 aromatic carbocycles.